The summed E-state index contributed by atoms with van der Waals surface area (Å²) in [6.45, 7) is 8.76. The van der Waals surface area contributed by atoms with Gasteiger partial charge in [0.15, 0.2) is 4.80 Å². The number of carbonyl (C=O) groups excluding carboxylic acids is 1. The van der Waals surface area contributed by atoms with Crippen LogP contribution < -0.4 is 14.9 Å². The molecule has 8 heteroatoms. The van der Waals surface area contributed by atoms with Crippen LogP contribution in [-0.2, 0) is 16.1 Å². The van der Waals surface area contributed by atoms with Gasteiger partial charge in [0, 0.05) is 34.2 Å². The largest absolute Gasteiger partial charge is 0.463 e. The maximum Gasteiger partial charge on any atom is 0.338 e. The second kappa shape index (κ2) is 11.8. The van der Waals surface area contributed by atoms with E-state index in [1.165, 1.54) is 16.9 Å². The molecule has 0 saturated carbocycles. The van der Waals surface area contributed by atoms with E-state index in [2.05, 4.69) is 48.9 Å². The minimum absolute atomic E-state index is 0.189. The quantitative estimate of drug-likeness (QED) is 0.196. The summed E-state index contributed by atoms with van der Waals surface area (Å²) >= 11 is 7.44. The van der Waals surface area contributed by atoms with E-state index in [1.807, 2.05) is 61.5 Å². The molecule has 1 atom stereocenters. The number of benzene rings is 3. The molecule has 0 radical (unpaired) electrons. The third kappa shape index (κ3) is 5.51. The Hall–Kier alpha value is -4.20. The zero-order chi connectivity index (χ0) is 30.2. The number of aromatic nitrogens is 2. The normalized spacial score (nSPS) is 15.2. The Balaban J connectivity index is 1.50. The topological polar surface area (TPSA) is 65.6 Å². The van der Waals surface area contributed by atoms with Crippen LogP contribution in [-0.4, -0.2) is 21.7 Å². The number of hydrogen-bond acceptors (Lipinski definition) is 5. The number of hydrogen-bond donors (Lipinski definition) is 0. The summed E-state index contributed by atoms with van der Waals surface area (Å²) < 4.78 is 9.82. The molecule has 0 saturated heterocycles. The average molecular weight is 610 g/mol. The van der Waals surface area contributed by atoms with Crippen LogP contribution in [0.15, 0.2) is 100 Å². The highest BCUT2D eigenvalue weighted by Crippen LogP contribution is 2.32. The molecule has 0 N–H and O–H groups in total. The second-order valence-corrected chi connectivity index (χ2v) is 12.4. The number of rotatable bonds is 7. The molecule has 2 aromatic heterocycles. The molecule has 6 nitrogen and oxygen atoms in total. The number of ether oxygens (including phenoxy) is 1. The van der Waals surface area contributed by atoms with Crippen LogP contribution in [0.3, 0.4) is 0 Å². The Morgan fingerprint density at radius 2 is 1.79 bits per heavy atom. The van der Waals surface area contributed by atoms with Gasteiger partial charge in [0.1, 0.15) is 0 Å². The number of para-hydroxylation sites is 1. The third-order valence-corrected chi connectivity index (χ3v) is 9.04. The van der Waals surface area contributed by atoms with Crippen molar-refractivity contribution in [2.24, 2.45) is 4.99 Å². The lowest BCUT2D eigenvalue weighted by Crippen LogP contribution is -2.39. The van der Waals surface area contributed by atoms with Crippen LogP contribution in [0.4, 0.5) is 0 Å². The van der Waals surface area contributed by atoms with E-state index in [0.717, 1.165) is 27.6 Å². The molecule has 0 aliphatic carbocycles. The summed E-state index contributed by atoms with van der Waals surface area (Å²) in [5.74, 6) is -0.0964. The van der Waals surface area contributed by atoms with Crippen LogP contribution in [0.2, 0.25) is 5.02 Å². The van der Waals surface area contributed by atoms with Crippen LogP contribution in [0.1, 0.15) is 61.9 Å². The van der Waals surface area contributed by atoms with Gasteiger partial charge in [-0.2, -0.15) is 0 Å². The summed E-state index contributed by atoms with van der Waals surface area (Å²) in [5, 5.41) is 1.75. The zero-order valence-corrected chi connectivity index (χ0v) is 26.1. The molecular weight excluding hydrogens is 578 g/mol. The van der Waals surface area contributed by atoms with Crippen molar-refractivity contribution in [3.63, 3.8) is 0 Å². The van der Waals surface area contributed by atoms with E-state index in [9.17, 15) is 9.59 Å². The van der Waals surface area contributed by atoms with E-state index in [1.54, 1.807) is 11.5 Å². The maximum absolute atomic E-state index is 14.2. The number of fused-ring (bicyclic) bond motifs is 2. The van der Waals surface area contributed by atoms with Gasteiger partial charge in [0.2, 0.25) is 0 Å². The lowest BCUT2D eigenvalue weighted by Gasteiger charge is -2.25. The van der Waals surface area contributed by atoms with Crippen molar-refractivity contribution >= 4 is 45.9 Å². The number of allylic oxidation sites excluding steroid dienone is 1. The zero-order valence-electron chi connectivity index (χ0n) is 24.5. The smallest absolute Gasteiger partial charge is 0.338 e. The van der Waals surface area contributed by atoms with Gasteiger partial charge in [-0.25, -0.2) is 9.79 Å². The van der Waals surface area contributed by atoms with Gasteiger partial charge >= 0.3 is 5.97 Å². The highest BCUT2D eigenvalue weighted by atomic mass is 35.5. The fraction of sp³-hybridized carbons (Fsp3) is 0.229. The summed E-state index contributed by atoms with van der Waals surface area (Å²) in [6.07, 6.45) is 4.02. The molecule has 0 amide bonds. The molecule has 1 unspecified atom stereocenters. The summed E-state index contributed by atoms with van der Waals surface area (Å²) in [4.78, 5) is 32.7. The van der Waals surface area contributed by atoms with Crippen molar-refractivity contribution in [3.8, 4) is 0 Å². The highest BCUT2D eigenvalue weighted by Gasteiger charge is 2.33. The van der Waals surface area contributed by atoms with E-state index in [0.29, 0.717) is 38.1 Å². The first-order valence-electron chi connectivity index (χ1n) is 14.4. The van der Waals surface area contributed by atoms with Crippen molar-refractivity contribution in [1.29, 1.82) is 0 Å². The molecular formula is C35H32ClN3O3S. The first-order valence-corrected chi connectivity index (χ1v) is 15.6. The molecule has 43 heavy (non-hydrogen) atoms. The minimum Gasteiger partial charge on any atom is -0.463 e. The number of thiazole rings is 1. The van der Waals surface area contributed by atoms with Crippen LogP contribution in [0, 0.1) is 0 Å². The molecule has 5 aromatic rings. The highest BCUT2D eigenvalue weighted by molar-refractivity contribution is 7.07. The molecule has 6 rings (SSSR count). The van der Waals surface area contributed by atoms with Crippen molar-refractivity contribution in [3.05, 3.63) is 137 Å². The number of esters is 1. The van der Waals surface area contributed by atoms with E-state index in [4.69, 9.17) is 21.3 Å². The number of halogens is 1. The van der Waals surface area contributed by atoms with Gasteiger partial charge in [0.05, 0.1) is 28.5 Å². The van der Waals surface area contributed by atoms with Gasteiger partial charge in [0.25, 0.3) is 5.56 Å². The van der Waals surface area contributed by atoms with Crippen LogP contribution in [0.25, 0.3) is 17.0 Å². The van der Waals surface area contributed by atoms with Crippen LogP contribution >= 0.6 is 22.9 Å². The van der Waals surface area contributed by atoms with Gasteiger partial charge in [-0.05, 0) is 60.7 Å². The monoisotopic (exact) mass is 609 g/mol. The van der Waals surface area contributed by atoms with Crippen molar-refractivity contribution in [2.45, 2.75) is 46.2 Å². The molecule has 3 aromatic carbocycles. The summed E-state index contributed by atoms with van der Waals surface area (Å²) in [7, 11) is 0. The predicted octanol–water partition coefficient (Wildman–Crippen LogP) is 6.58. The van der Waals surface area contributed by atoms with E-state index < -0.39 is 12.0 Å². The first-order chi connectivity index (χ1) is 20.7. The average Bonchev–Trinajstić information content (AvgIpc) is 3.49. The number of carbonyl (C=O) groups is 1. The molecule has 3 heterocycles. The molecule has 0 fully saturated rings. The lowest BCUT2D eigenvalue weighted by molar-refractivity contribution is -0.139. The molecule has 1 aliphatic rings. The second-order valence-electron chi connectivity index (χ2n) is 11.0. The first kappa shape index (κ1) is 28.9. The fourth-order valence-corrected chi connectivity index (χ4v) is 6.78. The fourth-order valence-electron chi connectivity index (χ4n) is 5.62. The van der Waals surface area contributed by atoms with Crippen molar-refractivity contribution in [2.75, 3.05) is 6.61 Å². The number of nitrogens with zero attached hydrogens (tertiary/aromatic N) is 3. The van der Waals surface area contributed by atoms with Gasteiger partial charge in [-0.1, -0.05) is 91.4 Å². The predicted molar refractivity (Wildman–Crippen MR) is 173 cm³/mol. The SMILES string of the molecule is CCOC(=O)C1=C(C)N=c2sc(=Cc3cn(Cc4ccc(Cl)cc4)c4ccccc34)c(=O)n2C1c1ccc(C(C)C)cc1. The Morgan fingerprint density at radius 3 is 2.49 bits per heavy atom. The van der Waals surface area contributed by atoms with E-state index >= 15 is 0 Å². The maximum atomic E-state index is 14.2. The van der Waals surface area contributed by atoms with Gasteiger partial charge in [-0.15, -0.1) is 0 Å². The molecule has 1 aliphatic heterocycles. The summed E-state index contributed by atoms with van der Waals surface area (Å²) in [6, 6.07) is 23.5. The molecule has 0 spiro atoms. The lowest BCUT2D eigenvalue weighted by atomic mass is 9.93. The molecule has 0 bridgehead atoms. The minimum atomic E-state index is -0.634. The van der Waals surface area contributed by atoms with E-state index in [-0.39, 0.29) is 12.2 Å². The Bertz CT molecular complexity index is 2050. The molecule has 218 valence electrons. The van der Waals surface area contributed by atoms with Gasteiger partial charge < -0.3 is 9.30 Å². The van der Waals surface area contributed by atoms with Crippen molar-refractivity contribution in [1.82, 2.24) is 9.13 Å². The third-order valence-electron chi connectivity index (χ3n) is 7.81. The Morgan fingerprint density at radius 1 is 1.07 bits per heavy atom. The Kier molecular flexibility index (Phi) is 7.95. The standard InChI is InChI=1S/C35H32ClN3O3S/c1-5-42-34(41)31-22(4)37-35-39(32(31)25-14-12-24(13-15-25)21(2)3)33(40)30(43-35)18-26-20-38(29-9-7-6-8-28(26)29)19-23-10-16-27(36)17-11-23/h6-18,20-21,32H,5,19H2,1-4H3. The Labute approximate surface area is 258 Å². The van der Waals surface area contributed by atoms with Crippen LogP contribution in [0.5, 0.6) is 0 Å². The summed E-state index contributed by atoms with van der Waals surface area (Å²) in [5.41, 5.74) is 5.92. The van der Waals surface area contributed by atoms with Crippen molar-refractivity contribution < 1.29 is 9.53 Å². The van der Waals surface area contributed by atoms with Gasteiger partial charge in [-0.3, -0.25) is 9.36 Å².